The lowest BCUT2D eigenvalue weighted by molar-refractivity contribution is -0.123. The normalized spacial score (nSPS) is 17.7. The largest absolute Gasteiger partial charge is 0.368 e. The van der Waals surface area contributed by atoms with Crippen LogP contribution in [-0.2, 0) is 11.3 Å². The molecule has 10 heteroatoms. The van der Waals surface area contributed by atoms with E-state index in [0.29, 0.717) is 53.1 Å². The average molecular weight is 568 g/mol. The first-order valence-electron chi connectivity index (χ1n) is 13.4. The lowest BCUT2D eigenvalue weighted by Gasteiger charge is -2.39. The zero-order valence-electron chi connectivity index (χ0n) is 22.9. The summed E-state index contributed by atoms with van der Waals surface area (Å²) in [5.41, 5.74) is 2.03. The molecule has 1 atom stereocenters. The van der Waals surface area contributed by atoms with Crippen LogP contribution in [0.1, 0.15) is 56.7 Å². The van der Waals surface area contributed by atoms with Gasteiger partial charge < -0.3 is 9.80 Å². The number of carbonyl (C=O) groups excluding carboxylic acids is 1. The molecular weight excluding hydrogens is 533 g/mol. The van der Waals surface area contributed by atoms with Gasteiger partial charge in [0.15, 0.2) is 0 Å². The molecule has 1 unspecified atom stereocenters. The summed E-state index contributed by atoms with van der Waals surface area (Å²) >= 11 is 6.81. The summed E-state index contributed by atoms with van der Waals surface area (Å²) < 4.78 is 15.7. The van der Waals surface area contributed by atoms with E-state index in [1.165, 1.54) is 23.9 Å². The number of amides is 1. The zero-order valence-corrected chi connectivity index (χ0v) is 24.5. The van der Waals surface area contributed by atoms with Gasteiger partial charge in [0.05, 0.1) is 4.91 Å². The van der Waals surface area contributed by atoms with E-state index in [9.17, 15) is 19.2 Å². The second-order valence-electron chi connectivity index (χ2n) is 9.92. The molecule has 0 N–H and O–H groups in total. The summed E-state index contributed by atoms with van der Waals surface area (Å²) in [5.74, 6) is 0.321. The molecule has 1 aromatic heterocycles. The van der Waals surface area contributed by atoms with E-state index in [-0.39, 0.29) is 28.9 Å². The van der Waals surface area contributed by atoms with Crippen LogP contribution in [-0.4, -0.2) is 51.9 Å². The summed E-state index contributed by atoms with van der Waals surface area (Å²) in [4.78, 5) is 33.4. The van der Waals surface area contributed by atoms with Crippen LogP contribution < -0.4 is 15.4 Å². The van der Waals surface area contributed by atoms with E-state index in [4.69, 9.17) is 12.2 Å². The molecule has 0 spiro atoms. The third-order valence-corrected chi connectivity index (χ3v) is 8.81. The molecule has 0 bridgehead atoms. The number of unbranched alkanes of at least 4 members (excludes halogenated alkanes) is 1. The molecule has 2 aliphatic heterocycles. The maximum absolute atomic E-state index is 13.5. The van der Waals surface area contributed by atoms with Gasteiger partial charge in [0, 0.05) is 50.0 Å². The minimum absolute atomic E-state index is 0.0170. The van der Waals surface area contributed by atoms with Crippen LogP contribution in [0, 0.1) is 24.1 Å². The molecule has 0 aliphatic carbocycles. The van der Waals surface area contributed by atoms with Crippen molar-refractivity contribution in [2.24, 2.45) is 0 Å². The Labute approximate surface area is 238 Å². The van der Waals surface area contributed by atoms with E-state index in [2.05, 4.69) is 22.8 Å². The number of piperazine rings is 1. The number of nitrogens with zero attached hydrogens (tertiary/aromatic N) is 5. The quantitative estimate of drug-likeness (QED) is 0.317. The van der Waals surface area contributed by atoms with Crippen molar-refractivity contribution in [1.29, 1.82) is 5.26 Å². The minimum Gasteiger partial charge on any atom is -0.368 e. The SMILES string of the molecule is CCCCn1c(N2CCN(c3ccc(F)cc3)CC2)c(C=C2SC(=S)N(C(C)CC)C2=O)c(C)c(C#N)c1=O. The highest BCUT2D eigenvalue weighted by atomic mass is 32.2. The smallest absolute Gasteiger partial charge is 0.270 e. The lowest BCUT2D eigenvalue weighted by atomic mass is 10.0. The number of anilines is 2. The van der Waals surface area contributed by atoms with Gasteiger partial charge in [0.25, 0.3) is 11.5 Å². The van der Waals surface area contributed by atoms with Gasteiger partial charge in [0.1, 0.15) is 27.6 Å². The van der Waals surface area contributed by atoms with Gasteiger partial charge in [-0.2, -0.15) is 5.26 Å². The molecule has 2 saturated heterocycles. The van der Waals surface area contributed by atoms with Crippen molar-refractivity contribution in [1.82, 2.24) is 9.47 Å². The van der Waals surface area contributed by atoms with Crippen molar-refractivity contribution in [3.8, 4) is 6.07 Å². The molecule has 1 aromatic carbocycles. The Bertz CT molecular complexity index is 1390. The van der Waals surface area contributed by atoms with Gasteiger partial charge in [-0.3, -0.25) is 19.1 Å². The Hall–Kier alpha value is -3.16. The number of pyridine rings is 1. The Morgan fingerprint density at radius 2 is 1.77 bits per heavy atom. The van der Waals surface area contributed by atoms with E-state index < -0.39 is 0 Å². The molecular formula is C29H34FN5O2S2. The van der Waals surface area contributed by atoms with Crippen LogP contribution in [0.5, 0.6) is 0 Å². The number of hydrogen-bond acceptors (Lipinski definition) is 7. The molecule has 0 saturated carbocycles. The maximum atomic E-state index is 13.5. The number of hydrogen-bond donors (Lipinski definition) is 0. The van der Waals surface area contributed by atoms with E-state index in [0.717, 1.165) is 30.8 Å². The number of halogens is 1. The fourth-order valence-electron chi connectivity index (χ4n) is 5.01. The second kappa shape index (κ2) is 12.3. The van der Waals surface area contributed by atoms with Gasteiger partial charge in [-0.1, -0.05) is 44.2 Å². The molecule has 4 rings (SSSR count). The average Bonchev–Trinajstić information content (AvgIpc) is 3.22. The molecule has 3 heterocycles. The molecule has 1 amide bonds. The maximum Gasteiger partial charge on any atom is 0.270 e. The summed E-state index contributed by atoms with van der Waals surface area (Å²) in [6, 6.07) is 8.57. The Morgan fingerprint density at radius 3 is 2.36 bits per heavy atom. The topological polar surface area (TPSA) is 72.6 Å². The fraction of sp³-hybridized carbons (Fsp3) is 0.448. The lowest BCUT2D eigenvalue weighted by Crippen LogP contribution is -2.48. The van der Waals surface area contributed by atoms with Crippen LogP contribution in [0.4, 0.5) is 15.9 Å². The zero-order chi connectivity index (χ0) is 28.3. The van der Waals surface area contributed by atoms with Crippen molar-refractivity contribution in [2.75, 3.05) is 36.0 Å². The molecule has 7 nitrogen and oxygen atoms in total. The predicted octanol–water partition coefficient (Wildman–Crippen LogP) is 5.29. The van der Waals surface area contributed by atoms with Crippen molar-refractivity contribution in [2.45, 2.75) is 59.5 Å². The van der Waals surface area contributed by atoms with Crippen LogP contribution in [0.25, 0.3) is 6.08 Å². The van der Waals surface area contributed by atoms with E-state index in [1.54, 1.807) is 28.5 Å². The van der Waals surface area contributed by atoms with Gasteiger partial charge in [-0.05, 0) is 62.6 Å². The fourth-order valence-corrected chi connectivity index (χ4v) is 6.45. The van der Waals surface area contributed by atoms with Crippen LogP contribution in [0.3, 0.4) is 0 Å². The molecule has 2 fully saturated rings. The number of carbonyl (C=O) groups is 1. The molecule has 39 heavy (non-hydrogen) atoms. The predicted molar refractivity (Wildman–Crippen MR) is 161 cm³/mol. The van der Waals surface area contributed by atoms with Crippen molar-refractivity contribution < 1.29 is 9.18 Å². The number of aromatic nitrogens is 1. The van der Waals surface area contributed by atoms with Gasteiger partial charge in [-0.15, -0.1) is 0 Å². The highest BCUT2D eigenvalue weighted by molar-refractivity contribution is 8.26. The first kappa shape index (κ1) is 28.8. The number of nitriles is 1. The van der Waals surface area contributed by atoms with Gasteiger partial charge in [-0.25, -0.2) is 4.39 Å². The van der Waals surface area contributed by atoms with Crippen molar-refractivity contribution in [3.63, 3.8) is 0 Å². The van der Waals surface area contributed by atoms with Gasteiger partial charge >= 0.3 is 0 Å². The Kier molecular flexibility index (Phi) is 9.13. The van der Waals surface area contributed by atoms with Crippen molar-refractivity contribution in [3.05, 3.63) is 62.0 Å². The first-order chi connectivity index (χ1) is 18.7. The summed E-state index contributed by atoms with van der Waals surface area (Å²) in [6.07, 6.45) is 4.28. The minimum atomic E-state index is -0.302. The van der Waals surface area contributed by atoms with E-state index >= 15 is 0 Å². The van der Waals surface area contributed by atoms with Crippen LogP contribution >= 0.6 is 24.0 Å². The van der Waals surface area contributed by atoms with Crippen LogP contribution in [0.2, 0.25) is 0 Å². The first-order valence-corrected chi connectivity index (χ1v) is 14.6. The number of thiocarbonyl (C=S) groups is 1. The molecule has 0 radical (unpaired) electrons. The number of benzene rings is 1. The standard InChI is InChI=1S/C29H34FN5O2S2/c1-5-7-12-34-26(33-15-13-32(14-16-33)22-10-8-21(30)9-11-22)23(20(4)24(18-31)27(34)36)17-25-28(37)35(19(3)6-2)29(38)39-25/h8-11,17,19H,5-7,12-16H2,1-4H3. The third-order valence-electron chi connectivity index (χ3n) is 7.48. The summed E-state index contributed by atoms with van der Waals surface area (Å²) in [6.45, 7) is 10.9. The Morgan fingerprint density at radius 1 is 1.13 bits per heavy atom. The highest BCUT2D eigenvalue weighted by Gasteiger charge is 2.36. The highest BCUT2D eigenvalue weighted by Crippen LogP contribution is 2.37. The molecule has 2 aromatic rings. The second-order valence-corrected chi connectivity index (χ2v) is 11.6. The Balaban J connectivity index is 1.79. The third kappa shape index (κ3) is 5.75. The van der Waals surface area contributed by atoms with E-state index in [1.807, 2.05) is 19.9 Å². The number of rotatable bonds is 8. The van der Waals surface area contributed by atoms with Crippen molar-refractivity contribution >= 4 is 51.8 Å². The monoisotopic (exact) mass is 567 g/mol. The van der Waals surface area contributed by atoms with Gasteiger partial charge in [0.2, 0.25) is 0 Å². The molecule has 2 aliphatic rings. The summed E-state index contributed by atoms with van der Waals surface area (Å²) in [7, 11) is 0. The summed E-state index contributed by atoms with van der Waals surface area (Å²) in [5, 5.41) is 9.92. The molecule has 206 valence electrons. The van der Waals surface area contributed by atoms with Crippen LogP contribution in [0.15, 0.2) is 34.0 Å². The number of thioether (sulfide) groups is 1.